The van der Waals surface area contributed by atoms with Gasteiger partial charge in [0.05, 0.1) is 0 Å². The number of hydrogen-bond acceptors (Lipinski definition) is 4. The van der Waals surface area contributed by atoms with Crippen LogP contribution in [0, 0.1) is 11.3 Å². The molecule has 0 unspecified atom stereocenters. The van der Waals surface area contributed by atoms with E-state index in [0.717, 1.165) is 32.5 Å². The van der Waals surface area contributed by atoms with Crippen molar-refractivity contribution in [1.29, 1.82) is 0 Å². The van der Waals surface area contributed by atoms with Gasteiger partial charge in [0.15, 0.2) is 0 Å². The zero-order valence-corrected chi connectivity index (χ0v) is 15.5. The van der Waals surface area contributed by atoms with Crippen LogP contribution in [0.1, 0.15) is 49.0 Å². The highest BCUT2D eigenvalue weighted by Gasteiger charge is 2.20. The summed E-state index contributed by atoms with van der Waals surface area (Å²) >= 11 is 0. The van der Waals surface area contributed by atoms with E-state index < -0.39 is 0 Å². The second-order valence-electron chi connectivity index (χ2n) is 7.92. The van der Waals surface area contributed by atoms with E-state index in [4.69, 9.17) is 5.11 Å². The molecule has 2 rings (SSSR count). The number of hydrogen-bond donors (Lipinski definition) is 3. The molecular weight excluding hydrogens is 316 g/mol. The van der Waals surface area contributed by atoms with Gasteiger partial charge in [-0.05, 0) is 61.4 Å². The van der Waals surface area contributed by atoms with Gasteiger partial charge in [0.25, 0.3) is 5.91 Å². The Bertz CT molecular complexity index is 534. The monoisotopic (exact) mass is 348 g/mol. The van der Waals surface area contributed by atoms with Crippen LogP contribution in [0.5, 0.6) is 0 Å². The van der Waals surface area contributed by atoms with Crippen LogP contribution >= 0.6 is 0 Å². The lowest BCUT2D eigenvalue weighted by Crippen LogP contribution is -2.35. The molecule has 1 aromatic rings. The van der Waals surface area contributed by atoms with E-state index in [1.165, 1.54) is 5.56 Å². The number of nitrogens with one attached hydrogen (secondary N) is 1. The van der Waals surface area contributed by atoms with Gasteiger partial charge in [0, 0.05) is 31.9 Å². The van der Waals surface area contributed by atoms with Gasteiger partial charge in [0.1, 0.15) is 0 Å². The van der Waals surface area contributed by atoms with Crippen LogP contribution in [0.3, 0.4) is 0 Å². The standard InChI is InChI=1S/C20H32N2O3/c1-20(2,9-12-23)15-21-19(25)18-5-3-16(4-6-18)13-22-10-7-17(14-24)8-11-22/h3-6,17,23-24H,7-15H2,1-2H3,(H,21,25). The van der Waals surface area contributed by atoms with Crippen molar-refractivity contribution in [3.05, 3.63) is 35.4 Å². The molecule has 0 atom stereocenters. The summed E-state index contributed by atoms with van der Waals surface area (Å²) < 4.78 is 0. The predicted molar refractivity (Wildman–Crippen MR) is 99.3 cm³/mol. The Morgan fingerprint density at radius 1 is 1.20 bits per heavy atom. The van der Waals surface area contributed by atoms with Crippen molar-refractivity contribution < 1.29 is 15.0 Å². The molecule has 1 heterocycles. The molecule has 25 heavy (non-hydrogen) atoms. The third kappa shape index (κ3) is 6.42. The number of benzene rings is 1. The fraction of sp³-hybridized carbons (Fsp3) is 0.650. The zero-order valence-electron chi connectivity index (χ0n) is 15.5. The molecule has 140 valence electrons. The number of amides is 1. The lowest BCUT2D eigenvalue weighted by Gasteiger charge is -2.31. The van der Waals surface area contributed by atoms with Crippen molar-refractivity contribution in [2.45, 2.75) is 39.7 Å². The van der Waals surface area contributed by atoms with E-state index in [-0.39, 0.29) is 17.9 Å². The topological polar surface area (TPSA) is 72.8 Å². The Hall–Kier alpha value is -1.43. The van der Waals surface area contributed by atoms with Crippen LogP contribution in [0.15, 0.2) is 24.3 Å². The van der Waals surface area contributed by atoms with Crippen LogP contribution in [0.4, 0.5) is 0 Å². The molecule has 5 nitrogen and oxygen atoms in total. The van der Waals surface area contributed by atoms with E-state index in [1.54, 1.807) is 0 Å². The maximum atomic E-state index is 12.3. The molecule has 0 saturated carbocycles. The van der Waals surface area contributed by atoms with Gasteiger partial charge < -0.3 is 15.5 Å². The van der Waals surface area contributed by atoms with Crippen LogP contribution in [0.25, 0.3) is 0 Å². The van der Waals surface area contributed by atoms with Crippen molar-refractivity contribution >= 4 is 5.91 Å². The van der Waals surface area contributed by atoms with E-state index >= 15 is 0 Å². The quantitative estimate of drug-likeness (QED) is 0.672. The number of piperidine rings is 1. The highest BCUT2D eigenvalue weighted by atomic mass is 16.3. The second kappa shape index (κ2) is 9.32. The van der Waals surface area contributed by atoms with Crippen LogP contribution in [-0.4, -0.2) is 53.9 Å². The summed E-state index contributed by atoms with van der Waals surface area (Å²) in [4.78, 5) is 14.7. The van der Waals surface area contributed by atoms with Crippen molar-refractivity contribution in [3.8, 4) is 0 Å². The number of carbonyl (C=O) groups is 1. The summed E-state index contributed by atoms with van der Waals surface area (Å²) in [6.07, 6.45) is 2.78. The molecular formula is C20H32N2O3. The first kappa shape index (κ1) is 19.9. The van der Waals surface area contributed by atoms with Gasteiger partial charge in [-0.15, -0.1) is 0 Å². The van der Waals surface area contributed by atoms with E-state index in [0.29, 0.717) is 31.1 Å². The molecule has 1 amide bonds. The third-order valence-corrected chi connectivity index (χ3v) is 5.10. The first-order chi connectivity index (χ1) is 11.9. The summed E-state index contributed by atoms with van der Waals surface area (Å²) in [6, 6.07) is 7.80. The average Bonchev–Trinajstić information content (AvgIpc) is 2.61. The minimum atomic E-state index is -0.106. The number of likely N-dealkylation sites (tertiary alicyclic amines) is 1. The molecule has 1 saturated heterocycles. The van der Waals surface area contributed by atoms with Crippen molar-refractivity contribution in [2.75, 3.05) is 32.8 Å². The maximum absolute atomic E-state index is 12.3. The summed E-state index contributed by atoms with van der Waals surface area (Å²) in [5.41, 5.74) is 1.77. The third-order valence-electron chi connectivity index (χ3n) is 5.10. The molecule has 1 fully saturated rings. The molecule has 0 spiro atoms. The minimum absolute atomic E-state index is 0.0682. The predicted octanol–water partition coefficient (Wildman–Crippen LogP) is 2.03. The SMILES string of the molecule is CC(C)(CCO)CNC(=O)c1ccc(CN2CCC(CO)CC2)cc1. The van der Waals surface area contributed by atoms with E-state index in [2.05, 4.69) is 10.2 Å². The number of nitrogens with zero attached hydrogens (tertiary/aromatic N) is 1. The molecule has 1 aromatic carbocycles. The molecule has 0 bridgehead atoms. The van der Waals surface area contributed by atoms with Gasteiger partial charge in [-0.3, -0.25) is 9.69 Å². The van der Waals surface area contributed by atoms with Gasteiger partial charge >= 0.3 is 0 Å². The smallest absolute Gasteiger partial charge is 0.251 e. The Labute approximate surface area is 151 Å². The molecule has 0 radical (unpaired) electrons. The summed E-state index contributed by atoms with van der Waals surface area (Å²) in [6.45, 7) is 7.98. The van der Waals surface area contributed by atoms with E-state index in [9.17, 15) is 9.90 Å². The number of rotatable bonds is 8. The average molecular weight is 348 g/mol. The Kier molecular flexibility index (Phi) is 7.41. The molecule has 1 aliphatic heterocycles. The van der Waals surface area contributed by atoms with Crippen LogP contribution < -0.4 is 5.32 Å². The minimum Gasteiger partial charge on any atom is -0.396 e. The Morgan fingerprint density at radius 3 is 2.40 bits per heavy atom. The fourth-order valence-corrected chi connectivity index (χ4v) is 3.16. The summed E-state index contributed by atoms with van der Waals surface area (Å²) in [7, 11) is 0. The molecule has 0 aromatic heterocycles. The second-order valence-corrected chi connectivity index (χ2v) is 7.92. The number of carbonyl (C=O) groups excluding carboxylic acids is 1. The van der Waals surface area contributed by atoms with E-state index in [1.807, 2.05) is 38.1 Å². The molecule has 3 N–H and O–H groups in total. The van der Waals surface area contributed by atoms with Crippen LogP contribution in [0.2, 0.25) is 0 Å². The number of aliphatic hydroxyl groups excluding tert-OH is 2. The van der Waals surface area contributed by atoms with Gasteiger partial charge in [-0.25, -0.2) is 0 Å². The molecule has 5 heteroatoms. The maximum Gasteiger partial charge on any atom is 0.251 e. The highest BCUT2D eigenvalue weighted by molar-refractivity contribution is 5.94. The lowest BCUT2D eigenvalue weighted by atomic mass is 9.89. The first-order valence-corrected chi connectivity index (χ1v) is 9.25. The molecule has 0 aliphatic carbocycles. The lowest BCUT2D eigenvalue weighted by molar-refractivity contribution is 0.0928. The Balaban J connectivity index is 1.82. The van der Waals surface area contributed by atoms with Crippen molar-refractivity contribution in [3.63, 3.8) is 0 Å². The van der Waals surface area contributed by atoms with Crippen molar-refractivity contribution in [2.24, 2.45) is 11.3 Å². The van der Waals surface area contributed by atoms with Gasteiger partial charge in [0.2, 0.25) is 0 Å². The first-order valence-electron chi connectivity index (χ1n) is 9.25. The fourth-order valence-electron chi connectivity index (χ4n) is 3.16. The highest BCUT2D eigenvalue weighted by Crippen LogP contribution is 2.19. The van der Waals surface area contributed by atoms with Gasteiger partial charge in [-0.1, -0.05) is 26.0 Å². The molecule has 1 aliphatic rings. The van der Waals surface area contributed by atoms with Crippen LogP contribution in [-0.2, 0) is 6.54 Å². The zero-order chi connectivity index (χ0) is 18.3. The Morgan fingerprint density at radius 2 is 1.84 bits per heavy atom. The summed E-state index contributed by atoms with van der Waals surface area (Å²) in [5.74, 6) is 0.388. The van der Waals surface area contributed by atoms with Gasteiger partial charge in [-0.2, -0.15) is 0 Å². The number of aliphatic hydroxyl groups is 2. The van der Waals surface area contributed by atoms with Crippen molar-refractivity contribution in [1.82, 2.24) is 10.2 Å². The summed E-state index contributed by atoms with van der Waals surface area (Å²) in [5, 5.41) is 21.2. The normalized spacial score (nSPS) is 16.8. The largest absolute Gasteiger partial charge is 0.396 e.